The molecule has 0 saturated carbocycles. The second-order valence-electron chi connectivity index (χ2n) is 6.19. The number of rotatable bonds is 6. The molecule has 0 heterocycles. The molecule has 4 nitrogen and oxygen atoms in total. The highest BCUT2D eigenvalue weighted by Gasteiger charge is 2.11. The van der Waals surface area contributed by atoms with Crippen molar-refractivity contribution in [2.24, 2.45) is 0 Å². The van der Waals surface area contributed by atoms with Gasteiger partial charge in [0.05, 0.1) is 11.3 Å². The van der Waals surface area contributed by atoms with E-state index in [0.29, 0.717) is 17.8 Å². The first-order valence-electron chi connectivity index (χ1n) is 9.03. The minimum absolute atomic E-state index is 0.189. The number of hydrogen-bond acceptors (Lipinski definition) is 2. The lowest BCUT2D eigenvalue weighted by molar-refractivity contribution is -0.111. The van der Waals surface area contributed by atoms with Gasteiger partial charge >= 0.3 is 0 Å². The fraction of sp³-hybridized carbons (Fsp3) is 0.130. The van der Waals surface area contributed by atoms with Gasteiger partial charge in [-0.2, -0.15) is 0 Å². The van der Waals surface area contributed by atoms with Crippen LogP contribution in [-0.2, 0) is 4.79 Å². The second kappa shape index (κ2) is 8.81. The van der Waals surface area contributed by atoms with Crippen LogP contribution in [0.1, 0.15) is 29.3 Å². The summed E-state index contributed by atoms with van der Waals surface area (Å²) >= 11 is 0. The Hall–Kier alpha value is -3.40. The maximum atomic E-state index is 12.4. The van der Waals surface area contributed by atoms with Crippen molar-refractivity contribution in [2.75, 3.05) is 11.9 Å². The van der Waals surface area contributed by atoms with Crippen molar-refractivity contribution in [1.82, 2.24) is 5.32 Å². The van der Waals surface area contributed by atoms with E-state index < -0.39 is 0 Å². The van der Waals surface area contributed by atoms with Crippen molar-refractivity contribution < 1.29 is 9.59 Å². The van der Waals surface area contributed by atoms with Crippen LogP contribution in [0.5, 0.6) is 0 Å². The van der Waals surface area contributed by atoms with Gasteiger partial charge in [0.2, 0.25) is 5.91 Å². The highest BCUT2D eigenvalue weighted by atomic mass is 16.2. The van der Waals surface area contributed by atoms with Gasteiger partial charge in [0.25, 0.3) is 5.91 Å². The SMILES string of the molecule is CCCNC(=O)c1ccccc1NC(=O)C=Cc1cccc2ccccc12. The van der Waals surface area contributed by atoms with Crippen molar-refractivity contribution in [3.8, 4) is 0 Å². The monoisotopic (exact) mass is 358 g/mol. The maximum absolute atomic E-state index is 12.4. The average Bonchev–Trinajstić information content (AvgIpc) is 2.71. The number of hydrogen-bond donors (Lipinski definition) is 2. The Labute approximate surface area is 158 Å². The van der Waals surface area contributed by atoms with Gasteiger partial charge in [0, 0.05) is 12.6 Å². The third kappa shape index (κ3) is 4.61. The number of carbonyl (C=O) groups is 2. The fourth-order valence-corrected chi connectivity index (χ4v) is 2.86. The number of para-hydroxylation sites is 1. The summed E-state index contributed by atoms with van der Waals surface area (Å²) in [5.41, 5.74) is 1.92. The van der Waals surface area contributed by atoms with Crippen molar-refractivity contribution in [1.29, 1.82) is 0 Å². The fourth-order valence-electron chi connectivity index (χ4n) is 2.86. The van der Waals surface area contributed by atoms with E-state index in [1.807, 2.05) is 49.4 Å². The average molecular weight is 358 g/mol. The molecule has 0 fully saturated rings. The van der Waals surface area contributed by atoms with Crippen LogP contribution < -0.4 is 10.6 Å². The summed E-state index contributed by atoms with van der Waals surface area (Å²) in [5.74, 6) is -0.468. The zero-order valence-corrected chi connectivity index (χ0v) is 15.2. The number of nitrogens with one attached hydrogen (secondary N) is 2. The molecule has 3 aromatic carbocycles. The Morgan fingerprint density at radius 2 is 1.67 bits per heavy atom. The lowest BCUT2D eigenvalue weighted by atomic mass is 10.0. The molecule has 27 heavy (non-hydrogen) atoms. The van der Waals surface area contributed by atoms with Crippen molar-refractivity contribution in [3.63, 3.8) is 0 Å². The van der Waals surface area contributed by atoms with Crippen LogP contribution in [0.2, 0.25) is 0 Å². The van der Waals surface area contributed by atoms with Crippen molar-refractivity contribution in [3.05, 3.63) is 83.9 Å². The van der Waals surface area contributed by atoms with Crippen LogP contribution in [0, 0.1) is 0 Å². The van der Waals surface area contributed by atoms with Crippen LogP contribution in [-0.4, -0.2) is 18.4 Å². The molecule has 0 atom stereocenters. The van der Waals surface area contributed by atoms with Gasteiger partial charge in [-0.3, -0.25) is 9.59 Å². The molecule has 3 aromatic rings. The molecular formula is C23H22N2O2. The largest absolute Gasteiger partial charge is 0.352 e. The molecule has 0 radical (unpaired) electrons. The van der Waals surface area contributed by atoms with E-state index in [-0.39, 0.29) is 11.8 Å². The van der Waals surface area contributed by atoms with Crippen LogP contribution >= 0.6 is 0 Å². The molecule has 136 valence electrons. The van der Waals surface area contributed by atoms with Crippen LogP contribution in [0.15, 0.2) is 72.8 Å². The topological polar surface area (TPSA) is 58.2 Å². The second-order valence-corrected chi connectivity index (χ2v) is 6.19. The van der Waals surface area contributed by atoms with Crippen LogP contribution in [0.3, 0.4) is 0 Å². The minimum atomic E-state index is -0.279. The van der Waals surface area contributed by atoms with E-state index in [4.69, 9.17) is 0 Å². The first kappa shape index (κ1) is 18.4. The summed E-state index contributed by atoms with van der Waals surface area (Å²) in [6, 6.07) is 21.0. The smallest absolute Gasteiger partial charge is 0.253 e. The predicted octanol–water partition coefficient (Wildman–Crippen LogP) is 4.63. The summed E-state index contributed by atoms with van der Waals surface area (Å²) in [6.45, 7) is 2.59. The van der Waals surface area contributed by atoms with E-state index in [2.05, 4.69) is 10.6 Å². The quantitative estimate of drug-likeness (QED) is 0.631. The van der Waals surface area contributed by atoms with E-state index >= 15 is 0 Å². The summed E-state index contributed by atoms with van der Waals surface area (Å²) < 4.78 is 0. The van der Waals surface area contributed by atoms with E-state index in [9.17, 15) is 9.59 Å². The molecule has 2 amide bonds. The molecule has 2 N–H and O–H groups in total. The number of fused-ring (bicyclic) bond motifs is 1. The molecule has 0 aliphatic heterocycles. The summed E-state index contributed by atoms with van der Waals surface area (Å²) in [7, 11) is 0. The Morgan fingerprint density at radius 1 is 0.926 bits per heavy atom. The lowest BCUT2D eigenvalue weighted by Gasteiger charge is -2.10. The van der Waals surface area contributed by atoms with Gasteiger partial charge in [-0.05, 0) is 41.0 Å². The zero-order chi connectivity index (χ0) is 19.1. The summed E-state index contributed by atoms with van der Waals surface area (Å²) in [6.07, 6.45) is 4.13. The normalized spacial score (nSPS) is 10.9. The maximum Gasteiger partial charge on any atom is 0.253 e. The number of carbonyl (C=O) groups excluding carboxylic acids is 2. The highest BCUT2D eigenvalue weighted by molar-refractivity contribution is 6.08. The van der Waals surface area contributed by atoms with Gasteiger partial charge in [0.15, 0.2) is 0 Å². The molecule has 0 saturated heterocycles. The lowest BCUT2D eigenvalue weighted by Crippen LogP contribution is -2.25. The third-order valence-corrected chi connectivity index (χ3v) is 4.20. The zero-order valence-electron chi connectivity index (χ0n) is 15.2. The predicted molar refractivity (Wildman–Crippen MR) is 111 cm³/mol. The number of benzene rings is 3. The highest BCUT2D eigenvalue weighted by Crippen LogP contribution is 2.20. The van der Waals surface area contributed by atoms with Gasteiger partial charge in [0.1, 0.15) is 0 Å². The molecule has 4 heteroatoms. The first-order valence-corrected chi connectivity index (χ1v) is 9.03. The Balaban J connectivity index is 1.76. The van der Waals surface area contributed by atoms with E-state index in [1.165, 1.54) is 6.08 Å². The van der Waals surface area contributed by atoms with Crippen molar-refractivity contribution >= 4 is 34.4 Å². The Morgan fingerprint density at radius 3 is 2.52 bits per heavy atom. The molecule has 3 rings (SSSR count). The molecule has 0 aromatic heterocycles. The molecule has 0 unspecified atom stereocenters. The van der Waals surface area contributed by atoms with Crippen LogP contribution in [0.25, 0.3) is 16.8 Å². The third-order valence-electron chi connectivity index (χ3n) is 4.20. The van der Waals surface area contributed by atoms with Crippen LogP contribution in [0.4, 0.5) is 5.69 Å². The number of anilines is 1. The molecule has 0 aliphatic carbocycles. The number of amides is 2. The Bertz CT molecular complexity index is 987. The summed E-state index contributed by atoms with van der Waals surface area (Å²) in [4.78, 5) is 24.6. The minimum Gasteiger partial charge on any atom is -0.352 e. The first-order chi connectivity index (χ1) is 13.2. The molecule has 0 aliphatic rings. The van der Waals surface area contributed by atoms with Gasteiger partial charge < -0.3 is 10.6 Å². The van der Waals surface area contributed by atoms with Crippen molar-refractivity contribution in [2.45, 2.75) is 13.3 Å². The molecular weight excluding hydrogens is 336 g/mol. The van der Waals surface area contributed by atoms with E-state index in [1.54, 1.807) is 30.3 Å². The summed E-state index contributed by atoms with van der Waals surface area (Å²) in [5, 5.41) is 7.84. The standard InChI is InChI=1S/C23H22N2O2/c1-2-16-24-23(27)20-12-5-6-13-21(20)25-22(26)15-14-18-10-7-9-17-8-3-4-11-19(17)18/h3-15H,2,16H2,1H3,(H,24,27)(H,25,26). The van der Waals surface area contributed by atoms with Gasteiger partial charge in [-0.1, -0.05) is 61.5 Å². The molecule has 0 bridgehead atoms. The molecule has 0 spiro atoms. The van der Waals surface area contributed by atoms with E-state index in [0.717, 1.165) is 22.8 Å². The van der Waals surface area contributed by atoms with Gasteiger partial charge in [-0.15, -0.1) is 0 Å². The van der Waals surface area contributed by atoms with Gasteiger partial charge in [-0.25, -0.2) is 0 Å². The Kier molecular flexibility index (Phi) is 6.00.